The highest BCUT2D eigenvalue weighted by Crippen LogP contribution is 2.17. The maximum absolute atomic E-state index is 12.2. The van der Waals surface area contributed by atoms with Crippen LogP contribution >= 0.6 is 0 Å². The van der Waals surface area contributed by atoms with Crippen LogP contribution in [0.15, 0.2) is 60.8 Å². The predicted octanol–water partition coefficient (Wildman–Crippen LogP) is 2.75. The number of rotatable bonds is 7. The lowest BCUT2D eigenvalue weighted by Crippen LogP contribution is -2.44. The summed E-state index contributed by atoms with van der Waals surface area (Å²) >= 11 is 0. The van der Waals surface area contributed by atoms with Crippen LogP contribution in [0.1, 0.15) is 18.1 Å². The molecular weight excluding hydrogens is 354 g/mol. The number of carbonyl (C=O) groups is 2. The van der Waals surface area contributed by atoms with Crippen molar-refractivity contribution in [3.8, 4) is 5.75 Å². The summed E-state index contributed by atoms with van der Waals surface area (Å²) in [7, 11) is 0. The van der Waals surface area contributed by atoms with E-state index in [9.17, 15) is 14.7 Å². The SMILES string of the molecule is C[C@H](NC(=O)/C=C/c1ccc(O)cc1)C(=O)NCCc1c[nH]c2ccccc12. The van der Waals surface area contributed by atoms with Gasteiger partial charge in [-0.1, -0.05) is 30.3 Å². The summed E-state index contributed by atoms with van der Waals surface area (Å²) < 4.78 is 0. The van der Waals surface area contributed by atoms with Gasteiger partial charge in [0.1, 0.15) is 11.8 Å². The summed E-state index contributed by atoms with van der Waals surface area (Å²) in [4.78, 5) is 27.4. The Bertz CT molecular complexity index is 990. The van der Waals surface area contributed by atoms with Crippen LogP contribution in [0.3, 0.4) is 0 Å². The topological polar surface area (TPSA) is 94.2 Å². The molecule has 1 heterocycles. The second kappa shape index (κ2) is 8.90. The zero-order chi connectivity index (χ0) is 19.9. The van der Waals surface area contributed by atoms with Crippen LogP contribution in [-0.4, -0.2) is 34.5 Å². The van der Waals surface area contributed by atoms with Gasteiger partial charge >= 0.3 is 0 Å². The predicted molar refractivity (Wildman–Crippen MR) is 110 cm³/mol. The molecule has 0 spiro atoms. The van der Waals surface area contributed by atoms with Crippen molar-refractivity contribution in [3.63, 3.8) is 0 Å². The maximum Gasteiger partial charge on any atom is 0.244 e. The van der Waals surface area contributed by atoms with Crippen LogP contribution in [0, 0.1) is 0 Å². The average Bonchev–Trinajstić information content (AvgIpc) is 3.10. The van der Waals surface area contributed by atoms with Crippen molar-refractivity contribution in [1.29, 1.82) is 0 Å². The second-order valence-electron chi connectivity index (χ2n) is 6.56. The molecule has 2 aromatic carbocycles. The van der Waals surface area contributed by atoms with E-state index in [0.29, 0.717) is 13.0 Å². The first-order valence-electron chi connectivity index (χ1n) is 9.13. The molecule has 2 amide bonds. The number of fused-ring (bicyclic) bond motifs is 1. The molecule has 1 aromatic heterocycles. The fourth-order valence-corrected chi connectivity index (χ4v) is 2.90. The number of carbonyl (C=O) groups excluding carboxylic acids is 2. The van der Waals surface area contributed by atoms with Gasteiger partial charge in [-0.3, -0.25) is 9.59 Å². The number of benzene rings is 2. The van der Waals surface area contributed by atoms with Crippen molar-refractivity contribution < 1.29 is 14.7 Å². The third kappa shape index (κ3) is 5.01. The van der Waals surface area contributed by atoms with Crippen LogP contribution in [0.4, 0.5) is 0 Å². The molecule has 0 aliphatic carbocycles. The van der Waals surface area contributed by atoms with Gasteiger partial charge in [-0.15, -0.1) is 0 Å². The Morgan fingerprint density at radius 1 is 1.14 bits per heavy atom. The molecule has 0 bridgehead atoms. The van der Waals surface area contributed by atoms with Crippen molar-refractivity contribution in [2.75, 3.05) is 6.54 Å². The highest BCUT2D eigenvalue weighted by molar-refractivity contribution is 5.95. The summed E-state index contributed by atoms with van der Waals surface area (Å²) in [5.74, 6) is -0.418. The average molecular weight is 377 g/mol. The van der Waals surface area contributed by atoms with Crippen LogP contribution in [0.5, 0.6) is 5.75 Å². The monoisotopic (exact) mass is 377 g/mol. The van der Waals surface area contributed by atoms with E-state index in [0.717, 1.165) is 22.0 Å². The Labute approximate surface area is 163 Å². The number of hydrogen-bond donors (Lipinski definition) is 4. The van der Waals surface area contributed by atoms with Gasteiger partial charge in [0, 0.05) is 29.7 Å². The normalized spacial score (nSPS) is 12.2. The van der Waals surface area contributed by atoms with E-state index < -0.39 is 6.04 Å². The fraction of sp³-hybridized carbons (Fsp3) is 0.182. The summed E-state index contributed by atoms with van der Waals surface area (Å²) in [6.07, 6.45) is 5.64. The number of H-pyrrole nitrogens is 1. The summed E-state index contributed by atoms with van der Waals surface area (Å²) in [6, 6.07) is 13.9. The highest BCUT2D eigenvalue weighted by Gasteiger charge is 2.14. The van der Waals surface area contributed by atoms with Crippen molar-refractivity contribution in [2.24, 2.45) is 0 Å². The molecule has 6 heteroatoms. The van der Waals surface area contributed by atoms with E-state index in [2.05, 4.69) is 15.6 Å². The van der Waals surface area contributed by atoms with Gasteiger partial charge < -0.3 is 20.7 Å². The number of hydrogen-bond acceptors (Lipinski definition) is 3. The molecule has 3 aromatic rings. The van der Waals surface area contributed by atoms with Crippen molar-refractivity contribution in [2.45, 2.75) is 19.4 Å². The lowest BCUT2D eigenvalue weighted by atomic mass is 10.1. The quantitative estimate of drug-likeness (QED) is 0.477. The zero-order valence-electron chi connectivity index (χ0n) is 15.6. The third-order valence-corrected chi connectivity index (χ3v) is 4.44. The Kier molecular flexibility index (Phi) is 6.11. The summed E-state index contributed by atoms with van der Waals surface area (Å²) in [5, 5.41) is 15.9. The molecule has 0 radical (unpaired) electrons. The van der Waals surface area contributed by atoms with Crippen molar-refractivity contribution in [3.05, 3.63) is 71.9 Å². The summed E-state index contributed by atoms with van der Waals surface area (Å²) in [6.45, 7) is 2.14. The molecule has 144 valence electrons. The summed E-state index contributed by atoms with van der Waals surface area (Å²) in [5.41, 5.74) is 3.00. The van der Waals surface area contributed by atoms with Gasteiger partial charge in [-0.2, -0.15) is 0 Å². The van der Waals surface area contributed by atoms with Gasteiger partial charge in [-0.25, -0.2) is 0 Å². The fourth-order valence-electron chi connectivity index (χ4n) is 2.90. The Balaban J connectivity index is 1.45. The number of aromatic nitrogens is 1. The first-order chi connectivity index (χ1) is 13.5. The van der Waals surface area contributed by atoms with Gasteiger partial charge in [-0.05, 0) is 48.7 Å². The Morgan fingerprint density at radius 3 is 2.68 bits per heavy atom. The van der Waals surface area contributed by atoms with E-state index in [1.165, 1.54) is 6.08 Å². The Hall–Kier alpha value is -3.54. The third-order valence-electron chi connectivity index (χ3n) is 4.44. The molecule has 1 atom stereocenters. The van der Waals surface area contributed by atoms with Gasteiger partial charge in [0.05, 0.1) is 0 Å². The smallest absolute Gasteiger partial charge is 0.244 e. The van der Waals surface area contributed by atoms with Crippen LogP contribution < -0.4 is 10.6 Å². The number of phenolic OH excluding ortho intramolecular Hbond substituents is 1. The molecule has 3 rings (SSSR count). The van der Waals surface area contributed by atoms with E-state index >= 15 is 0 Å². The molecule has 4 N–H and O–H groups in total. The largest absolute Gasteiger partial charge is 0.508 e. The standard InChI is InChI=1S/C22H23N3O3/c1-15(25-21(27)11-8-16-6-9-18(26)10-7-16)22(28)23-13-12-17-14-24-20-5-3-2-4-19(17)20/h2-11,14-15,24,26H,12-13H2,1H3,(H,23,28)(H,25,27)/b11-8+/t15-/m0/s1. The maximum atomic E-state index is 12.2. The number of aromatic amines is 1. The van der Waals surface area contributed by atoms with Gasteiger partial charge in [0.2, 0.25) is 11.8 Å². The van der Waals surface area contributed by atoms with Crippen molar-refractivity contribution in [1.82, 2.24) is 15.6 Å². The highest BCUT2D eigenvalue weighted by atomic mass is 16.3. The van der Waals surface area contributed by atoms with Crippen LogP contribution in [-0.2, 0) is 16.0 Å². The van der Waals surface area contributed by atoms with E-state index in [1.807, 2.05) is 30.5 Å². The number of amides is 2. The minimum absolute atomic E-state index is 0.166. The molecule has 0 fully saturated rings. The molecule has 0 aliphatic rings. The zero-order valence-corrected chi connectivity index (χ0v) is 15.6. The molecule has 0 unspecified atom stereocenters. The molecule has 28 heavy (non-hydrogen) atoms. The minimum atomic E-state index is -0.639. The molecule has 0 saturated carbocycles. The minimum Gasteiger partial charge on any atom is -0.508 e. The first kappa shape index (κ1) is 19.2. The number of para-hydroxylation sites is 1. The number of aromatic hydroxyl groups is 1. The number of phenols is 1. The lowest BCUT2D eigenvalue weighted by molar-refractivity contribution is -0.126. The van der Waals surface area contributed by atoms with E-state index in [1.54, 1.807) is 37.3 Å². The lowest BCUT2D eigenvalue weighted by Gasteiger charge is -2.12. The van der Waals surface area contributed by atoms with Crippen LogP contribution in [0.2, 0.25) is 0 Å². The van der Waals surface area contributed by atoms with Crippen LogP contribution in [0.25, 0.3) is 17.0 Å². The van der Waals surface area contributed by atoms with Gasteiger partial charge in [0.15, 0.2) is 0 Å². The first-order valence-corrected chi connectivity index (χ1v) is 9.13. The van der Waals surface area contributed by atoms with E-state index in [4.69, 9.17) is 0 Å². The van der Waals surface area contributed by atoms with E-state index in [-0.39, 0.29) is 17.6 Å². The van der Waals surface area contributed by atoms with Gasteiger partial charge in [0.25, 0.3) is 0 Å². The van der Waals surface area contributed by atoms with Crippen molar-refractivity contribution >= 4 is 28.8 Å². The molecule has 0 saturated heterocycles. The molecule has 6 nitrogen and oxygen atoms in total. The second-order valence-corrected chi connectivity index (χ2v) is 6.56. The number of nitrogens with one attached hydrogen (secondary N) is 3. The molecular formula is C22H23N3O3. The molecule has 0 aliphatic heterocycles. The Morgan fingerprint density at radius 2 is 1.89 bits per heavy atom.